The number of anilines is 3. The lowest BCUT2D eigenvalue weighted by atomic mass is 10.0. The number of aryl methyl sites for hydroxylation is 3. The quantitative estimate of drug-likeness (QED) is 0.307. The zero-order chi connectivity index (χ0) is 22.7. The molecule has 0 radical (unpaired) electrons. The maximum atomic E-state index is 5.37. The van der Waals surface area contributed by atoms with Crippen LogP contribution in [0.5, 0.6) is 0 Å². The van der Waals surface area contributed by atoms with Gasteiger partial charge in [0.25, 0.3) is 0 Å². The average molecular weight is 456 g/mol. The molecule has 0 bridgehead atoms. The minimum absolute atomic E-state index is 0.478. The molecule has 3 aliphatic heterocycles. The van der Waals surface area contributed by atoms with Gasteiger partial charge >= 0.3 is 0 Å². The average Bonchev–Trinajstić information content (AvgIpc) is 3.73. The first-order chi connectivity index (χ1) is 16.8. The summed E-state index contributed by atoms with van der Waals surface area (Å²) in [6, 6.07) is 27.1. The molecule has 34 heavy (non-hydrogen) atoms. The van der Waals surface area contributed by atoms with Gasteiger partial charge < -0.3 is 19.1 Å². The first-order valence-electron chi connectivity index (χ1n) is 12.7. The molecule has 3 aliphatic rings. The van der Waals surface area contributed by atoms with Crippen LogP contribution in [0.25, 0.3) is 0 Å². The fraction of sp³-hybridized carbons (Fsp3) is 0.400. The van der Waals surface area contributed by atoms with Gasteiger partial charge in [-0.15, -0.1) is 0 Å². The summed E-state index contributed by atoms with van der Waals surface area (Å²) >= 11 is 0. The van der Waals surface area contributed by atoms with E-state index in [-0.39, 0.29) is 0 Å². The Morgan fingerprint density at radius 2 is 0.735 bits per heavy atom. The first kappa shape index (κ1) is 21.8. The lowest BCUT2D eigenvalue weighted by Crippen LogP contribution is -2.10. The molecule has 3 aromatic rings. The van der Waals surface area contributed by atoms with Crippen molar-refractivity contribution < 1.29 is 14.2 Å². The van der Waals surface area contributed by atoms with E-state index in [1.807, 2.05) is 0 Å². The molecule has 4 nitrogen and oxygen atoms in total. The highest BCUT2D eigenvalue weighted by atomic mass is 16.6. The van der Waals surface area contributed by atoms with E-state index < -0.39 is 0 Å². The summed E-state index contributed by atoms with van der Waals surface area (Å²) in [4.78, 5) is 2.36. The first-order valence-corrected chi connectivity index (χ1v) is 12.7. The van der Waals surface area contributed by atoms with E-state index in [0.717, 1.165) is 58.3 Å². The van der Waals surface area contributed by atoms with E-state index >= 15 is 0 Å². The smallest absolute Gasteiger partial charge is 0.0813 e. The normalized spacial score (nSPS) is 22.4. The van der Waals surface area contributed by atoms with Crippen LogP contribution in [0.2, 0.25) is 0 Å². The van der Waals surface area contributed by atoms with Crippen LogP contribution in [-0.2, 0) is 33.5 Å². The van der Waals surface area contributed by atoms with Gasteiger partial charge in [-0.25, -0.2) is 0 Å². The fourth-order valence-corrected chi connectivity index (χ4v) is 4.57. The number of ether oxygens (including phenoxy) is 3. The molecule has 0 saturated carbocycles. The van der Waals surface area contributed by atoms with Gasteiger partial charge in [-0.1, -0.05) is 36.4 Å². The Balaban J connectivity index is 1.22. The number of rotatable bonds is 12. The third-order valence-electron chi connectivity index (χ3n) is 7.06. The van der Waals surface area contributed by atoms with Gasteiger partial charge in [-0.3, -0.25) is 0 Å². The minimum atomic E-state index is 0.478. The molecule has 6 rings (SSSR count). The predicted molar refractivity (Wildman–Crippen MR) is 135 cm³/mol. The van der Waals surface area contributed by atoms with Crippen molar-refractivity contribution in [3.05, 3.63) is 89.5 Å². The second-order valence-electron chi connectivity index (χ2n) is 9.82. The van der Waals surface area contributed by atoms with Crippen LogP contribution < -0.4 is 4.90 Å². The van der Waals surface area contributed by atoms with Crippen LogP contribution in [0.15, 0.2) is 72.8 Å². The Bertz CT molecular complexity index is 924. The summed E-state index contributed by atoms with van der Waals surface area (Å²) in [6.45, 7) is 2.79. The van der Waals surface area contributed by atoms with E-state index in [2.05, 4.69) is 77.7 Å². The van der Waals surface area contributed by atoms with E-state index in [9.17, 15) is 0 Å². The van der Waals surface area contributed by atoms with Gasteiger partial charge in [0.15, 0.2) is 0 Å². The molecule has 3 fully saturated rings. The van der Waals surface area contributed by atoms with Crippen molar-refractivity contribution >= 4 is 17.1 Å². The maximum Gasteiger partial charge on any atom is 0.0813 e. The van der Waals surface area contributed by atoms with Crippen LogP contribution in [0.4, 0.5) is 17.1 Å². The molecule has 0 N–H and O–H groups in total. The Kier molecular flexibility index (Phi) is 6.37. The van der Waals surface area contributed by atoms with Gasteiger partial charge in [0.2, 0.25) is 0 Å². The number of nitrogens with zero attached hydrogens (tertiary/aromatic N) is 1. The summed E-state index contributed by atoms with van der Waals surface area (Å²) in [6.07, 6.45) is 8.00. The Morgan fingerprint density at radius 1 is 0.471 bits per heavy atom. The van der Waals surface area contributed by atoms with Crippen molar-refractivity contribution in [1.82, 2.24) is 0 Å². The highest BCUT2D eigenvalue weighted by Crippen LogP contribution is 2.35. The van der Waals surface area contributed by atoms with Crippen molar-refractivity contribution in [2.75, 3.05) is 24.7 Å². The second kappa shape index (κ2) is 9.91. The van der Waals surface area contributed by atoms with Crippen molar-refractivity contribution in [3.63, 3.8) is 0 Å². The topological polar surface area (TPSA) is 40.8 Å². The molecule has 3 atom stereocenters. The van der Waals surface area contributed by atoms with E-state index in [1.54, 1.807) is 0 Å². The van der Waals surface area contributed by atoms with E-state index in [0.29, 0.717) is 18.3 Å². The van der Waals surface area contributed by atoms with Gasteiger partial charge in [-0.05, 0) is 91.6 Å². The molecular formula is C30H33NO3. The lowest BCUT2D eigenvalue weighted by Gasteiger charge is -2.26. The van der Waals surface area contributed by atoms with Gasteiger partial charge in [0.1, 0.15) is 0 Å². The van der Waals surface area contributed by atoms with Crippen molar-refractivity contribution in [1.29, 1.82) is 0 Å². The molecule has 176 valence electrons. The molecule has 0 aromatic heterocycles. The molecule has 4 heteroatoms. The fourth-order valence-electron chi connectivity index (χ4n) is 4.57. The SMILES string of the molecule is c1cc(N(c2ccc(CCC3CO3)cc2)c2ccc(CCC3CO3)cc2)ccc1CCC1CO1. The van der Waals surface area contributed by atoms with Gasteiger partial charge in [0.05, 0.1) is 38.1 Å². The van der Waals surface area contributed by atoms with Crippen LogP contribution in [-0.4, -0.2) is 38.1 Å². The van der Waals surface area contributed by atoms with E-state index in [1.165, 1.54) is 33.8 Å². The monoisotopic (exact) mass is 455 g/mol. The third-order valence-corrected chi connectivity index (χ3v) is 7.06. The molecule has 3 unspecified atom stereocenters. The minimum Gasteiger partial charge on any atom is -0.373 e. The zero-order valence-corrected chi connectivity index (χ0v) is 19.7. The summed E-state index contributed by atoms with van der Waals surface area (Å²) in [5.74, 6) is 0. The third kappa shape index (κ3) is 5.87. The van der Waals surface area contributed by atoms with Gasteiger partial charge in [0, 0.05) is 17.1 Å². The van der Waals surface area contributed by atoms with Crippen LogP contribution in [0.3, 0.4) is 0 Å². The van der Waals surface area contributed by atoms with E-state index in [4.69, 9.17) is 14.2 Å². The lowest BCUT2D eigenvalue weighted by molar-refractivity contribution is 0.396. The Hall–Kier alpha value is -2.66. The summed E-state index contributed by atoms with van der Waals surface area (Å²) in [7, 11) is 0. The Labute approximate surface area is 202 Å². The molecule has 0 spiro atoms. The van der Waals surface area contributed by atoms with Crippen molar-refractivity contribution in [2.24, 2.45) is 0 Å². The summed E-state index contributed by atoms with van der Waals surface area (Å²) in [5, 5.41) is 0. The molecule has 0 aliphatic carbocycles. The molecule has 3 saturated heterocycles. The number of benzene rings is 3. The second-order valence-corrected chi connectivity index (χ2v) is 9.82. The Morgan fingerprint density at radius 3 is 0.971 bits per heavy atom. The maximum absolute atomic E-state index is 5.37. The molecule has 3 heterocycles. The largest absolute Gasteiger partial charge is 0.373 e. The standard InChI is InChI=1S/C30H33NO3/c1-10-25(11-2-22(1)7-16-28-19-32-28)31(26-12-3-23(4-13-26)8-17-29-20-33-29)27-14-5-24(6-15-27)9-18-30-21-34-30/h1-6,10-15,28-30H,7-9,16-21H2. The van der Waals surface area contributed by atoms with Crippen molar-refractivity contribution in [2.45, 2.75) is 56.8 Å². The molecule has 0 amide bonds. The summed E-state index contributed by atoms with van der Waals surface area (Å²) in [5.41, 5.74) is 7.66. The molecular weight excluding hydrogens is 422 g/mol. The number of hydrogen-bond acceptors (Lipinski definition) is 4. The van der Waals surface area contributed by atoms with Crippen molar-refractivity contribution in [3.8, 4) is 0 Å². The molecule has 3 aromatic carbocycles. The highest BCUT2D eigenvalue weighted by Gasteiger charge is 2.23. The van der Waals surface area contributed by atoms with Crippen LogP contribution in [0, 0.1) is 0 Å². The number of hydrogen-bond donors (Lipinski definition) is 0. The highest BCUT2D eigenvalue weighted by molar-refractivity contribution is 5.76. The number of epoxide rings is 3. The van der Waals surface area contributed by atoms with Crippen LogP contribution in [0.1, 0.15) is 36.0 Å². The predicted octanol–water partition coefficient (Wildman–Crippen LogP) is 6.15. The van der Waals surface area contributed by atoms with Gasteiger partial charge in [-0.2, -0.15) is 0 Å². The summed E-state index contributed by atoms with van der Waals surface area (Å²) < 4.78 is 16.1. The van der Waals surface area contributed by atoms with Crippen LogP contribution >= 0.6 is 0 Å². The zero-order valence-electron chi connectivity index (χ0n) is 19.7.